The van der Waals surface area contributed by atoms with Gasteiger partial charge in [-0.05, 0) is 48.9 Å². The minimum Gasteiger partial charge on any atom is -0.361 e. The molecule has 1 aromatic heterocycles. The minimum absolute atomic E-state index is 0.0588. The lowest BCUT2D eigenvalue weighted by atomic mass is 9.91. The Bertz CT molecular complexity index is 1470. The Morgan fingerprint density at radius 1 is 1.19 bits per heavy atom. The molecule has 1 fully saturated rings. The predicted molar refractivity (Wildman–Crippen MR) is 150 cm³/mol. The third-order valence-corrected chi connectivity index (χ3v) is 8.88. The van der Waals surface area contributed by atoms with Gasteiger partial charge < -0.3 is 9.88 Å². The molecular formula is C28H25BrClN3O3S. The normalized spacial score (nSPS) is 19.5. The summed E-state index contributed by atoms with van der Waals surface area (Å²) in [6.07, 6.45) is 1.78. The highest BCUT2D eigenvalue weighted by Gasteiger charge is 2.59. The molecule has 37 heavy (non-hydrogen) atoms. The van der Waals surface area contributed by atoms with Crippen molar-refractivity contribution in [2.75, 3.05) is 7.05 Å². The maximum absolute atomic E-state index is 13.9. The van der Waals surface area contributed by atoms with Crippen LogP contribution in [0.4, 0.5) is 0 Å². The number of likely N-dealkylation sites (tertiary alicyclic amines) is 1. The summed E-state index contributed by atoms with van der Waals surface area (Å²) in [6, 6.07) is 20.5. The number of benzene rings is 3. The third-order valence-electron chi connectivity index (χ3n) is 6.70. The smallest absolute Gasteiger partial charge is 0.265 e. The van der Waals surface area contributed by atoms with E-state index in [0.29, 0.717) is 16.6 Å². The van der Waals surface area contributed by atoms with Gasteiger partial charge in [-0.1, -0.05) is 63.4 Å². The van der Waals surface area contributed by atoms with E-state index < -0.39 is 16.7 Å². The number of nitrogens with zero attached hydrogens (tertiary/aromatic N) is 2. The summed E-state index contributed by atoms with van der Waals surface area (Å²) in [5.74, 6) is -0.691. The molecule has 0 spiro atoms. The van der Waals surface area contributed by atoms with Crippen molar-refractivity contribution in [2.45, 2.75) is 35.6 Å². The number of aromatic amines is 1. The lowest BCUT2D eigenvalue weighted by Crippen LogP contribution is -2.47. The van der Waals surface area contributed by atoms with E-state index in [0.717, 1.165) is 37.0 Å². The van der Waals surface area contributed by atoms with E-state index in [1.807, 2.05) is 73.8 Å². The first-order valence-electron chi connectivity index (χ1n) is 11.7. The molecule has 0 bridgehead atoms. The Hall–Kier alpha value is -2.78. The van der Waals surface area contributed by atoms with Gasteiger partial charge in [0.2, 0.25) is 5.91 Å². The molecular weight excluding hydrogens is 574 g/mol. The fourth-order valence-corrected chi connectivity index (χ4v) is 6.88. The molecule has 0 aliphatic carbocycles. The fourth-order valence-electron chi connectivity index (χ4n) is 4.97. The summed E-state index contributed by atoms with van der Waals surface area (Å²) < 4.78 is -0.365. The second-order valence-electron chi connectivity index (χ2n) is 9.29. The van der Waals surface area contributed by atoms with Gasteiger partial charge in [0.25, 0.3) is 5.91 Å². The summed E-state index contributed by atoms with van der Waals surface area (Å²) in [5, 5.41) is 12.5. The Morgan fingerprint density at radius 2 is 1.89 bits per heavy atom. The summed E-state index contributed by atoms with van der Waals surface area (Å²) in [6.45, 7) is 2.31. The third kappa shape index (κ3) is 4.91. The van der Waals surface area contributed by atoms with E-state index in [1.54, 1.807) is 11.0 Å². The van der Waals surface area contributed by atoms with Gasteiger partial charge in [-0.2, -0.15) is 0 Å². The van der Waals surface area contributed by atoms with Crippen molar-refractivity contribution >= 4 is 62.0 Å². The summed E-state index contributed by atoms with van der Waals surface area (Å²) in [5.41, 5.74) is 3.63. The van der Waals surface area contributed by atoms with Crippen molar-refractivity contribution in [1.29, 1.82) is 0 Å². The molecule has 0 saturated carbocycles. The van der Waals surface area contributed by atoms with Crippen molar-refractivity contribution in [3.63, 3.8) is 0 Å². The maximum Gasteiger partial charge on any atom is 0.265 e. The second-order valence-corrected chi connectivity index (χ2v) is 12.1. The molecule has 0 unspecified atom stereocenters. The summed E-state index contributed by atoms with van der Waals surface area (Å²) in [4.78, 5) is 33.5. The van der Waals surface area contributed by atoms with Crippen LogP contribution in [-0.2, 0) is 16.1 Å². The van der Waals surface area contributed by atoms with Crippen LogP contribution in [0.25, 0.3) is 10.9 Å². The minimum atomic E-state index is -1.31. The molecule has 2 amide bonds. The van der Waals surface area contributed by atoms with Crippen molar-refractivity contribution in [2.24, 2.45) is 0 Å². The highest BCUT2D eigenvalue weighted by molar-refractivity contribution is 9.10. The first-order chi connectivity index (χ1) is 17.7. The topological polar surface area (TPSA) is 76.6 Å². The van der Waals surface area contributed by atoms with E-state index in [1.165, 1.54) is 18.8 Å². The number of hydrogen-bond acceptors (Lipinski definition) is 4. The van der Waals surface area contributed by atoms with Crippen molar-refractivity contribution in [1.82, 2.24) is 14.9 Å². The van der Waals surface area contributed by atoms with Gasteiger partial charge in [0.1, 0.15) is 4.75 Å². The van der Waals surface area contributed by atoms with Crippen molar-refractivity contribution in [3.8, 4) is 0 Å². The zero-order valence-corrected chi connectivity index (χ0v) is 23.4. The SMILES string of the molecule is Cc1ccc(S[C@@]2(C(=O)N(C)O)CC(=O)N(Cc3ccc(Br)cc3)[C@H]2c2c[nH]c3cc(Cl)ccc23)cc1. The zero-order chi connectivity index (χ0) is 26.3. The van der Waals surface area contributed by atoms with E-state index in [2.05, 4.69) is 20.9 Å². The molecule has 190 valence electrons. The molecule has 2 atom stereocenters. The van der Waals surface area contributed by atoms with Gasteiger partial charge in [0.15, 0.2) is 0 Å². The Balaban J connectivity index is 1.70. The van der Waals surface area contributed by atoms with Crippen molar-refractivity contribution < 1.29 is 14.8 Å². The van der Waals surface area contributed by atoms with Gasteiger partial charge in [-0.25, -0.2) is 5.06 Å². The summed E-state index contributed by atoms with van der Waals surface area (Å²) >= 11 is 11.0. The molecule has 6 nitrogen and oxygen atoms in total. The van der Waals surface area contributed by atoms with Gasteiger partial charge in [-0.3, -0.25) is 14.8 Å². The zero-order valence-electron chi connectivity index (χ0n) is 20.2. The van der Waals surface area contributed by atoms with E-state index in [4.69, 9.17) is 11.6 Å². The fraction of sp³-hybridized carbons (Fsp3) is 0.214. The maximum atomic E-state index is 13.9. The van der Waals surface area contributed by atoms with Gasteiger partial charge in [-0.15, -0.1) is 11.8 Å². The van der Waals surface area contributed by atoms with Crippen LogP contribution in [0.1, 0.15) is 29.2 Å². The molecule has 2 N–H and O–H groups in total. The Kier molecular flexibility index (Phi) is 7.11. The average Bonchev–Trinajstić information content (AvgIpc) is 3.39. The number of carbonyl (C=O) groups excluding carboxylic acids is 2. The summed E-state index contributed by atoms with van der Waals surface area (Å²) in [7, 11) is 1.31. The van der Waals surface area contributed by atoms with E-state index in [-0.39, 0.29) is 12.3 Å². The lowest BCUT2D eigenvalue weighted by Gasteiger charge is -2.37. The largest absolute Gasteiger partial charge is 0.361 e. The van der Waals surface area contributed by atoms with E-state index >= 15 is 0 Å². The highest BCUT2D eigenvalue weighted by atomic mass is 79.9. The van der Waals surface area contributed by atoms with Crippen molar-refractivity contribution in [3.05, 3.63) is 99.1 Å². The number of rotatable bonds is 6. The molecule has 1 aliphatic heterocycles. The molecule has 9 heteroatoms. The number of fused-ring (bicyclic) bond motifs is 1. The lowest BCUT2D eigenvalue weighted by molar-refractivity contribution is -0.163. The number of aryl methyl sites for hydroxylation is 1. The quantitative estimate of drug-likeness (QED) is 0.190. The molecule has 0 radical (unpaired) electrons. The first-order valence-corrected chi connectivity index (χ1v) is 13.7. The van der Waals surface area contributed by atoms with Crippen LogP contribution in [0.15, 0.2) is 82.3 Å². The molecule has 2 heterocycles. The van der Waals surface area contributed by atoms with Crippen LogP contribution in [0.3, 0.4) is 0 Å². The molecule has 5 rings (SSSR count). The van der Waals surface area contributed by atoms with E-state index in [9.17, 15) is 14.8 Å². The number of amides is 2. The van der Waals surface area contributed by atoms with Gasteiger partial charge in [0, 0.05) is 50.6 Å². The molecule has 4 aromatic rings. The Morgan fingerprint density at radius 3 is 2.57 bits per heavy atom. The number of thioether (sulfide) groups is 1. The standard InChI is InChI=1S/C28H25BrClN3O3S/c1-17-3-10-21(11-4-17)37-28(27(35)32(2)36)14-25(34)33(16-18-5-7-19(29)8-6-18)26(28)23-15-31-24-13-20(30)9-12-22(23)24/h3-13,15,26,31,36H,14,16H2,1-2H3/t26-,28-/m0/s1. The van der Waals surface area contributed by atoms with Crippen LogP contribution < -0.4 is 0 Å². The Labute approximate surface area is 232 Å². The molecule has 1 aliphatic rings. The number of H-pyrrole nitrogens is 1. The first kappa shape index (κ1) is 25.9. The monoisotopic (exact) mass is 597 g/mol. The number of hydroxylamine groups is 2. The van der Waals surface area contributed by atoms with Gasteiger partial charge >= 0.3 is 0 Å². The number of hydrogen-bond donors (Lipinski definition) is 2. The van der Waals surface area contributed by atoms with Crippen LogP contribution in [0.2, 0.25) is 5.02 Å². The number of nitrogens with one attached hydrogen (secondary N) is 1. The predicted octanol–water partition coefficient (Wildman–Crippen LogP) is 6.74. The second kappa shape index (κ2) is 10.2. The van der Waals surface area contributed by atoms with Crippen LogP contribution in [0, 0.1) is 6.92 Å². The average molecular weight is 599 g/mol. The van der Waals surface area contributed by atoms with Crippen LogP contribution >= 0.6 is 39.3 Å². The van der Waals surface area contributed by atoms with Crippen LogP contribution in [-0.4, -0.2) is 43.8 Å². The number of halogens is 2. The van der Waals surface area contributed by atoms with Gasteiger partial charge in [0.05, 0.1) is 12.5 Å². The molecule has 3 aromatic carbocycles. The van der Waals surface area contributed by atoms with Crippen LogP contribution in [0.5, 0.6) is 0 Å². The highest BCUT2D eigenvalue weighted by Crippen LogP contribution is 2.54. The number of aromatic nitrogens is 1. The number of carbonyl (C=O) groups is 2. The molecule has 1 saturated heterocycles.